The van der Waals surface area contributed by atoms with E-state index in [1.807, 2.05) is 19.9 Å². The second kappa shape index (κ2) is 4.02. The smallest absolute Gasteiger partial charge is 0.407 e. The molecule has 1 amide bonds. The van der Waals surface area contributed by atoms with Crippen LogP contribution in [0, 0.1) is 18.2 Å². The maximum Gasteiger partial charge on any atom is 0.407 e. The van der Waals surface area contributed by atoms with Crippen LogP contribution < -0.4 is 5.32 Å². The summed E-state index contributed by atoms with van der Waals surface area (Å²) in [5, 5.41) is 2.74. The number of amides is 1. The van der Waals surface area contributed by atoms with Crippen LogP contribution in [-0.2, 0) is 4.74 Å². The van der Waals surface area contributed by atoms with Crippen molar-refractivity contribution in [2.75, 3.05) is 6.61 Å². The number of nitrogens with one attached hydrogen (secondary N) is 1. The predicted molar refractivity (Wildman–Crippen MR) is 62.1 cm³/mol. The van der Waals surface area contributed by atoms with Gasteiger partial charge in [0.1, 0.15) is 12.4 Å². The van der Waals surface area contributed by atoms with Gasteiger partial charge >= 0.3 is 6.09 Å². The van der Waals surface area contributed by atoms with Gasteiger partial charge < -0.3 is 10.1 Å². The van der Waals surface area contributed by atoms with Crippen LogP contribution in [0.25, 0.3) is 0 Å². The van der Waals surface area contributed by atoms with E-state index in [4.69, 9.17) is 4.74 Å². The minimum Gasteiger partial charge on any atom is -0.449 e. The fraction of sp³-hybridized carbons (Fsp3) is 0.462. The molecule has 2 rings (SSSR count). The molecular weight excluding hydrogens is 221 g/mol. The van der Waals surface area contributed by atoms with Crippen molar-refractivity contribution in [1.29, 1.82) is 0 Å². The number of ether oxygens (including phenoxy) is 1. The molecule has 0 bridgehead atoms. The molecule has 1 aliphatic rings. The number of aryl methyl sites for hydroxylation is 1. The first kappa shape index (κ1) is 11.9. The van der Waals surface area contributed by atoms with Crippen molar-refractivity contribution in [1.82, 2.24) is 5.32 Å². The number of cyclic esters (lactones) is 1. The van der Waals surface area contributed by atoms with Gasteiger partial charge in [0.05, 0.1) is 6.04 Å². The van der Waals surface area contributed by atoms with Crippen LogP contribution in [0.4, 0.5) is 9.18 Å². The number of carbonyl (C=O) groups excluding carboxylic acids is 1. The van der Waals surface area contributed by atoms with Gasteiger partial charge in [0, 0.05) is 5.41 Å². The molecule has 1 aliphatic heterocycles. The molecule has 1 N–H and O–H groups in total. The van der Waals surface area contributed by atoms with Gasteiger partial charge in [-0.25, -0.2) is 9.18 Å². The lowest BCUT2D eigenvalue weighted by Crippen LogP contribution is -2.46. The van der Waals surface area contributed by atoms with Crippen molar-refractivity contribution >= 4 is 6.09 Å². The van der Waals surface area contributed by atoms with Crippen LogP contribution >= 0.6 is 0 Å². The number of hydrogen-bond acceptors (Lipinski definition) is 2. The van der Waals surface area contributed by atoms with Crippen LogP contribution in [0.5, 0.6) is 0 Å². The van der Waals surface area contributed by atoms with Crippen LogP contribution in [0.3, 0.4) is 0 Å². The van der Waals surface area contributed by atoms with Gasteiger partial charge in [-0.3, -0.25) is 0 Å². The summed E-state index contributed by atoms with van der Waals surface area (Å²) in [7, 11) is 0. The van der Waals surface area contributed by atoms with Crippen LogP contribution in [0.1, 0.15) is 31.0 Å². The van der Waals surface area contributed by atoms with E-state index in [0.29, 0.717) is 12.2 Å². The third-order valence-electron chi connectivity index (χ3n) is 3.15. The lowest BCUT2D eigenvalue weighted by molar-refractivity contribution is 0.0386. The van der Waals surface area contributed by atoms with E-state index in [9.17, 15) is 9.18 Å². The highest BCUT2D eigenvalue weighted by atomic mass is 19.1. The van der Waals surface area contributed by atoms with Crippen LogP contribution in [0.15, 0.2) is 18.2 Å². The van der Waals surface area contributed by atoms with Gasteiger partial charge in [-0.15, -0.1) is 0 Å². The average molecular weight is 237 g/mol. The first-order valence-corrected chi connectivity index (χ1v) is 5.59. The molecule has 92 valence electrons. The van der Waals surface area contributed by atoms with Crippen LogP contribution in [-0.4, -0.2) is 12.7 Å². The van der Waals surface area contributed by atoms with Gasteiger partial charge in [0.15, 0.2) is 0 Å². The topological polar surface area (TPSA) is 38.3 Å². The fourth-order valence-corrected chi connectivity index (χ4v) is 2.01. The zero-order chi connectivity index (χ0) is 12.6. The highest BCUT2D eigenvalue weighted by molar-refractivity contribution is 5.69. The number of alkyl carbamates (subject to hydrolysis) is 1. The zero-order valence-electron chi connectivity index (χ0n) is 10.2. The highest BCUT2D eigenvalue weighted by Crippen LogP contribution is 2.36. The van der Waals surface area contributed by atoms with E-state index in [1.54, 1.807) is 13.0 Å². The Morgan fingerprint density at radius 2 is 2.18 bits per heavy atom. The molecule has 1 atom stereocenters. The van der Waals surface area contributed by atoms with E-state index in [1.165, 1.54) is 6.07 Å². The van der Waals surface area contributed by atoms with Crippen molar-refractivity contribution in [3.05, 3.63) is 35.1 Å². The van der Waals surface area contributed by atoms with Crippen molar-refractivity contribution in [3.8, 4) is 0 Å². The summed E-state index contributed by atoms with van der Waals surface area (Å²) in [6.07, 6.45) is -0.449. The first-order chi connectivity index (χ1) is 7.90. The minimum atomic E-state index is -0.449. The second-order valence-electron chi connectivity index (χ2n) is 5.15. The maximum absolute atomic E-state index is 13.5. The zero-order valence-corrected chi connectivity index (χ0v) is 10.2. The summed E-state index contributed by atoms with van der Waals surface area (Å²) in [6, 6.07) is 4.82. The quantitative estimate of drug-likeness (QED) is 0.815. The Bertz CT molecular complexity index is 457. The molecule has 0 saturated carbocycles. The number of halogens is 1. The third kappa shape index (κ3) is 2.25. The standard InChI is InChI=1S/C13H16FNO2/c1-8-4-5-9(6-10(8)14)11-13(2,3)7-17-12(16)15-11/h4-6,11H,7H2,1-3H3,(H,15,16)/t11-/m0/s1. The Hall–Kier alpha value is -1.58. The highest BCUT2D eigenvalue weighted by Gasteiger charge is 2.37. The SMILES string of the molecule is Cc1ccc([C@@H]2NC(=O)OCC2(C)C)cc1F. The minimum absolute atomic E-state index is 0.223. The Labute approximate surface area is 100.0 Å². The van der Waals surface area contributed by atoms with Crippen molar-refractivity contribution in [3.63, 3.8) is 0 Å². The number of carbonyl (C=O) groups is 1. The number of rotatable bonds is 1. The van der Waals surface area contributed by atoms with Gasteiger partial charge in [0.25, 0.3) is 0 Å². The molecule has 1 aromatic rings. The summed E-state index contributed by atoms with van der Waals surface area (Å²) in [5.41, 5.74) is 1.12. The van der Waals surface area contributed by atoms with Gasteiger partial charge in [0.2, 0.25) is 0 Å². The maximum atomic E-state index is 13.5. The Kier molecular flexibility index (Phi) is 2.81. The molecule has 0 unspecified atom stereocenters. The Balaban J connectivity index is 2.36. The van der Waals surface area contributed by atoms with Crippen molar-refractivity contribution < 1.29 is 13.9 Å². The fourth-order valence-electron chi connectivity index (χ4n) is 2.01. The van der Waals surface area contributed by atoms with E-state index < -0.39 is 6.09 Å². The molecule has 0 aliphatic carbocycles. The van der Waals surface area contributed by atoms with Gasteiger partial charge in [-0.1, -0.05) is 26.0 Å². The molecule has 0 radical (unpaired) electrons. The largest absolute Gasteiger partial charge is 0.449 e. The molecule has 1 heterocycles. The van der Waals surface area contributed by atoms with Gasteiger partial charge in [-0.05, 0) is 24.1 Å². The summed E-state index contributed by atoms with van der Waals surface area (Å²) in [5.74, 6) is -0.251. The lowest BCUT2D eigenvalue weighted by atomic mass is 9.80. The molecule has 17 heavy (non-hydrogen) atoms. The Morgan fingerprint density at radius 1 is 1.47 bits per heavy atom. The van der Waals surface area contributed by atoms with Crippen LogP contribution in [0.2, 0.25) is 0 Å². The predicted octanol–water partition coefficient (Wildman–Crippen LogP) is 2.94. The normalized spacial score (nSPS) is 22.8. The van der Waals surface area contributed by atoms with Crippen molar-refractivity contribution in [2.24, 2.45) is 5.41 Å². The van der Waals surface area contributed by atoms with E-state index in [2.05, 4.69) is 5.32 Å². The molecule has 1 saturated heterocycles. The molecule has 0 aromatic heterocycles. The molecule has 1 fully saturated rings. The second-order valence-corrected chi connectivity index (χ2v) is 5.15. The van der Waals surface area contributed by atoms with E-state index in [0.717, 1.165) is 5.56 Å². The summed E-state index contributed by atoms with van der Waals surface area (Å²) in [6.45, 7) is 6.01. The Morgan fingerprint density at radius 3 is 2.82 bits per heavy atom. The first-order valence-electron chi connectivity index (χ1n) is 5.59. The molecule has 4 heteroatoms. The molecule has 3 nitrogen and oxygen atoms in total. The molecule has 0 spiro atoms. The van der Waals surface area contributed by atoms with Crippen molar-refractivity contribution in [2.45, 2.75) is 26.8 Å². The number of hydrogen-bond donors (Lipinski definition) is 1. The van der Waals surface area contributed by atoms with E-state index >= 15 is 0 Å². The lowest BCUT2D eigenvalue weighted by Gasteiger charge is -2.38. The molecular formula is C13H16FNO2. The van der Waals surface area contributed by atoms with E-state index in [-0.39, 0.29) is 17.3 Å². The summed E-state index contributed by atoms with van der Waals surface area (Å²) >= 11 is 0. The molecule has 1 aromatic carbocycles. The summed E-state index contributed by atoms with van der Waals surface area (Å²) in [4.78, 5) is 11.3. The number of benzene rings is 1. The average Bonchev–Trinajstić information content (AvgIpc) is 2.26. The monoisotopic (exact) mass is 237 g/mol. The van der Waals surface area contributed by atoms with Gasteiger partial charge in [-0.2, -0.15) is 0 Å². The summed E-state index contributed by atoms with van der Waals surface area (Å²) < 4.78 is 18.5. The third-order valence-corrected chi connectivity index (χ3v) is 3.15.